The number of amidine groups is 1. The summed E-state index contributed by atoms with van der Waals surface area (Å²) in [6.45, 7) is 3.11. The smallest absolute Gasteiger partial charge is 0.256 e. The largest absolute Gasteiger partial charge is 0.496 e. The van der Waals surface area contributed by atoms with Gasteiger partial charge in [-0.3, -0.25) is 9.79 Å². The fraction of sp³-hybridized carbons (Fsp3) is 0.444. The molecule has 1 aromatic carbocycles. The van der Waals surface area contributed by atoms with Gasteiger partial charge in [0.15, 0.2) is 0 Å². The molecule has 1 aromatic heterocycles. The number of aromatic nitrogens is 2. The van der Waals surface area contributed by atoms with Crippen LogP contribution in [0.4, 0.5) is 0 Å². The van der Waals surface area contributed by atoms with E-state index in [1.54, 1.807) is 20.2 Å². The number of rotatable bonds is 8. The Bertz CT molecular complexity index is 1190. The number of allylic oxidation sites excluding steroid dienone is 2. The monoisotopic (exact) mass is 491 g/mol. The maximum atomic E-state index is 13.1. The second-order valence-corrected chi connectivity index (χ2v) is 9.20. The van der Waals surface area contributed by atoms with Gasteiger partial charge in [-0.25, -0.2) is 4.98 Å². The number of nitrogens with one attached hydrogen (secondary N) is 3. The molecule has 36 heavy (non-hydrogen) atoms. The summed E-state index contributed by atoms with van der Waals surface area (Å²) in [5.74, 6) is 1.59. The Hall–Kier alpha value is -3.59. The number of hydrogen-bond donors (Lipinski definition) is 4. The average molecular weight is 492 g/mol. The number of nitrogens with zero attached hydrogens (tertiary/aromatic N) is 3. The molecule has 9 nitrogen and oxygen atoms in total. The number of nitrogens with two attached hydrogens (primary N) is 1. The van der Waals surface area contributed by atoms with Gasteiger partial charge in [-0.15, -0.1) is 0 Å². The fourth-order valence-electron chi connectivity index (χ4n) is 4.86. The van der Waals surface area contributed by atoms with E-state index >= 15 is 0 Å². The van der Waals surface area contributed by atoms with E-state index in [1.165, 1.54) is 12.0 Å². The van der Waals surface area contributed by atoms with Crippen LogP contribution in [0.2, 0.25) is 0 Å². The number of piperidine rings is 1. The lowest BCUT2D eigenvalue weighted by atomic mass is 10.0. The van der Waals surface area contributed by atoms with Gasteiger partial charge in [0.1, 0.15) is 29.3 Å². The van der Waals surface area contributed by atoms with Gasteiger partial charge in [-0.2, -0.15) is 0 Å². The molecule has 0 bridgehead atoms. The molecule has 192 valence electrons. The van der Waals surface area contributed by atoms with Crippen LogP contribution < -0.4 is 26.4 Å². The molecule has 1 amide bonds. The zero-order valence-electron chi connectivity index (χ0n) is 21.6. The van der Waals surface area contributed by atoms with Crippen LogP contribution >= 0.6 is 0 Å². The lowest BCUT2D eigenvalue weighted by molar-refractivity contribution is 0.0938. The van der Waals surface area contributed by atoms with Gasteiger partial charge >= 0.3 is 0 Å². The summed E-state index contributed by atoms with van der Waals surface area (Å²) in [6, 6.07) is 5.66. The quantitative estimate of drug-likeness (QED) is 0.333. The summed E-state index contributed by atoms with van der Waals surface area (Å²) in [7, 11) is 5.21. The lowest BCUT2D eigenvalue weighted by Crippen LogP contribution is -2.43. The van der Waals surface area contributed by atoms with Crippen molar-refractivity contribution in [3.05, 3.63) is 59.2 Å². The lowest BCUT2D eigenvalue weighted by Gasteiger charge is -2.23. The van der Waals surface area contributed by atoms with Crippen molar-refractivity contribution >= 4 is 11.7 Å². The highest BCUT2D eigenvalue weighted by atomic mass is 16.5. The number of aliphatic imine (C=N–C) groups is 1. The van der Waals surface area contributed by atoms with E-state index in [0.29, 0.717) is 17.1 Å². The molecular weight excluding hydrogens is 454 g/mol. The van der Waals surface area contributed by atoms with E-state index in [9.17, 15) is 4.79 Å². The molecular formula is C27H37N7O2. The summed E-state index contributed by atoms with van der Waals surface area (Å²) in [5, 5.41) is 9.77. The van der Waals surface area contributed by atoms with Crippen LogP contribution in [0.3, 0.4) is 0 Å². The molecule has 1 unspecified atom stereocenters. The molecule has 1 fully saturated rings. The molecule has 9 heteroatoms. The maximum absolute atomic E-state index is 13.1. The van der Waals surface area contributed by atoms with Crippen molar-refractivity contribution in [3.63, 3.8) is 0 Å². The normalized spacial score (nSPS) is 20.0. The minimum Gasteiger partial charge on any atom is -0.496 e. The first-order chi connectivity index (χ1) is 17.5. The van der Waals surface area contributed by atoms with Crippen LogP contribution in [0.5, 0.6) is 5.75 Å². The Morgan fingerprint density at radius 2 is 2.19 bits per heavy atom. The highest BCUT2D eigenvalue weighted by Crippen LogP contribution is 2.32. The zero-order chi connectivity index (χ0) is 25.7. The minimum atomic E-state index is -0.276. The van der Waals surface area contributed by atoms with Crippen LogP contribution in [0, 0.1) is 0 Å². The molecule has 2 atom stereocenters. The SMILES string of the molecule is CCCC1=CC(NC(=O)c2ccc(-c3nc([C@@H]4CCCCN4)n(C)c3C(N)=NC)cc2OC)NC=C1. The van der Waals surface area contributed by atoms with Crippen LogP contribution in [0.15, 0.2) is 47.1 Å². The Kier molecular flexibility index (Phi) is 8.10. The van der Waals surface area contributed by atoms with Crippen LogP contribution in [0.25, 0.3) is 11.3 Å². The van der Waals surface area contributed by atoms with E-state index < -0.39 is 0 Å². The van der Waals surface area contributed by atoms with Gasteiger partial charge in [0.2, 0.25) is 0 Å². The Morgan fingerprint density at radius 1 is 1.36 bits per heavy atom. The predicted octanol–water partition coefficient (Wildman–Crippen LogP) is 3.14. The molecule has 4 rings (SSSR count). The minimum absolute atomic E-state index is 0.163. The standard InChI is InChI=1S/C27H37N7O2/c1-5-8-17-12-14-31-22(15-17)32-27(35)19-11-10-18(16-21(19)36-4)23-24(25(28)29-2)34(3)26(33-23)20-9-6-7-13-30-20/h10-12,14-16,20,22,30-31H,5-9,13H2,1-4H3,(H2,28,29)(H,32,35)/t20-,22?/m0/s1. The first kappa shape index (κ1) is 25.5. The van der Waals surface area contributed by atoms with Gasteiger partial charge in [-0.05, 0) is 61.9 Å². The summed E-state index contributed by atoms with van der Waals surface area (Å²) in [4.78, 5) is 22.4. The van der Waals surface area contributed by atoms with Crippen molar-refractivity contribution in [3.8, 4) is 17.0 Å². The third kappa shape index (κ3) is 5.31. The van der Waals surface area contributed by atoms with Crippen molar-refractivity contribution in [1.82, 2.24) is 25.5 Å². The number of carbonyl (C=O) groups excluding carboxylic acids is 1. The summed E-state index contributed by atoms with van der Waals surface area (Å²) in [6.07, 6.45) is 11.0. The van der Waals surface area contributed by atoms with Crippen molar-refractivity contribution in [2.24, 2.45) is 17.8 Å². The van der Waals surface area contributed by atoms with Crippen LogP contribution in [-0.2, 0) is 7.05 Å². The van der Waals surface area contributed by atoms with E-state index in [2.05, 4.69) is 27.9 Å². The van der Waals surface area contributed by atoms with E-state index in [4.69, 9.17) is 15.5 Å². The summed E-state index contributed by atoms with van der Waals surface area (Å²) >= 11 is 0. The van der Waals surface area contributed by atoms with E-state index in [1.807, 2.05) is 42.1 Å². The molecule has 1 saturated heterocycles. The third-order valence-corrected chi connectivity index (χ3v) is 6.73. The number of carbonyl (C=O) groups is 1. The Morgan fingerprint density at radius 3 is 2.89 bits per heavy atom. The molecule has 0 radical (unpaired) electrons. The Labute approximate surface area is 212 Å². The zero-order valence-corrected chi connectivity index (χ0v) is 21.6. The fourth-order valence-corrected chi connectivity index (χ4v) is 4.86. The molecule has 3 heterocycles. The van der Waals surface area contributed by atoms with Crippen molar-refractivity contribution in [1.29, 1.82) is 0 Å². The molecule has 5 N–H and O–H groups in total. The van der Waals surface area contributed by atoms with Gasteiger partial charge in [-0.1, -0.05) is 25.8 Å². The molecule has 0 spiro atoms. The molecule has 0 saturated carbocycles. The van der Waals surface area contributed by atoms with Crippen molar-refractivity contribution in [2.75, 3.05) is 20.7 Å². The molecule has 2 aliphatic rings. The first-order valence-corrected chi connectivity index (χ1v) is 12.6. The number of imidazole rings is 1. The predicted molar refractivity (Wildman–Crippen MR) is 143 cm³/mol. The second-order valence-electron chi connectivity index (χ2n) is 9.20. The number of amides is 1. The number of dihydropyridines is 1. The summed E-state index contributed by atoms with van der Waals surface area (Å²) in [5.41, 5.74) is 10.3. The average Bonchev–Trinajstić information content (AvgIpc) is 3.25. The topological polar surface area (TPSA) is 119 Å². The number of benzene rings is 1. The van der Waals surface area contributed by atoms with Crippen molar-refractivity contribution < 1.29 is 9.53 Å². The Balaban J connectivity index is 1.65. The highest BCUT2D eigenvalue weighted by molar-refractivity contribution is 6.02. The van der Waals surface area contributed by atoms with E-state index in [0.717, 1.165) is 55.0 Å². The first-order valence-electron chi connectivity index (χ1n) is 12.6. The maximum Gasteiger partial charge on any atom is 0.256 e. The molecule has 0 aliphatic carbocycles. The van der Waals surface area contributed by atoms with Gasteiger partial charge in [0.25, 0.3) is 5.91 Å². The number of hydrogen-bond acceptors (Lipinski definition) is 6. The summed E-state index contributed by atoms with van der Waals surface area (Å²) < 4.78 is 7.66. The van der Waals surface area contributed by atoms with Gasteiger partial charge in [0, 0.05) is 19.7 Å². The van der Waals surface area contributed by atoms with Gasteiger partial charge < -0.3 is 31.0 Å². The molecule has 2 aliphatic heterocycles. The van der Waals surface area contributed by atoms with Crippen LogP contribution in [-0.4, -0.2) is 48.2 Å². The number of ether oxygens (including phenoxy) is 1. The molecule has 2 aromatic rings. The second kappa shape index (κ2) is 11.4. The third-order valence-electron chi connectivity index (χ3n) is 6.73. The van der Waals surface area contributed by atoms with Crippen LogP contribution in [0.1, 0.15) is 66.9 Å². The number of methoxy groups -OCH3 is 1. The van der Waals surface area contributed by atoms with E-state index in [-0.39, 0.29) is 18.1 Å². The van der Waals surface area contributed by atoms with Gasteiger partial charge in [0.05, 0.1) is 24.4 Å². The van der Waals surface area contributed by atoms with Crippen molar-refractivity contribution in [2.45, 2.75) is 51.2 Å². The highest BCUT2D eigenvalue weighted by Gasteiger charge is 2.26.